The predicted octanol–water partition coefficient (Wildman–Crippen LogP) is 4.42. The normalized spacial score (nSPS) is 11.3. The molecule has 0 unspecified atom stereocenters. The van der Waals surface area contributed by atoms with E-state index in [2.05, 4.69) is 20.8 Å². The van der Waals surface area contributed by atoms with Crippen LogP contribution in [0.5, 0.6) is 5.75 Å². The number of hydrogen-bond donors (Lipinski definition) is 0. The van der Waals surface area contributed by atoms with Crippen LogP contribution >= 0.6 is 0 Å². The number of benzene rings is 1. The van der Waals surface area contributed by atoms with Crippen molar-refractivity contribution in [1.29, 1.82) is 0 Å². The van der Waals surface area contributed by atoms with E-state index < -0.39 is 43.6 Å². The van der Waals surface area contributed by atoms with Gasteiger partial charge in [0.05, 0.1) is 0 Å². The van der Waals surface area contributed by atoms with Crippen molar-refractivity contribution in [3.05, 3.63) is 29.6 Å². The zero-order valence-electron chi connectivity index (χ0n) is 11.4. The van der Waals surface area contributed by atoms with Crippen molar-refractivity contribution in [3.8, 4) is 5.75 Å². The second-order valence-electron chi connectivity index (χ2n) is 4.35. The Kier molecular flexibility index (Phi) is 6.50. The van der Waals surface area contributed by atoms with E-state index in [0.717, 1.165) is 30.3 Å². The number of halogens is 3. The van der Waals surface area contributed by atoms with Crippen molar-refractivity contribution in [3.63, 3.8) is 0 Å². The molecule has 0 atom stereocenters. The van der Waals surface area contributed by atoms with E-state index in [9.17, 15) is 13.2 Å². The summed E-state index contributed by atoms with van der Waals surface area (Å²) in [5.74, 6) is -3.92. The van der Waals surface area contributed by atoms with Gasteiger partial charge in [0.15, 0.2) is 0 Å². The predicted molar refractivity (Wildman–Crippen MR) is 65.2 cm³/mol. The molecule has 0 heterocycles. The molecule has 0 fully saturated rings. The van der Waals surface area contributed by atoms with Crippen LogP contribution in [0, 0.1) is 17.5 Å². The van der Waals surface area contributed by atoms with Gasteiger partial charge in [-0.2, -0.15) is 0 Å². The molecule has 0 saturated carbocycles. The van der Waals surface area contributed by atoms with E-state index in [0.29, 0.717) is 0 Å². The quantitative estimate of drug-likeness (QED) is 0.539. The van der Waals surface area contributed by atoms with Crippen molar-refractivity contribution in [2.45, 2.75) is 38.9 Å². The van der Waals surface area contributed by atoms with Crippen molar-refractivity contribution in [2.75, 3.05) is 0 Å². The molecular weight excluding hydrogens is 327 g/mol. The van der Waals surface area contributed by atoms with Crippen molar-refractivity contribution in [2.24, 2.45) is 0 Å². The average molecular weight is 344 g/mol. The summed E-state index contributed by atoms with van der Waals surface area (Å²) in [7, 11) is -1.71. The molecule has 104 valence electrons. The molecule has 1 rings (SSSR count). The topological polar surface area (TPSA) is 18.5 Å². The summed E-state index contributed by atoms with van der Waals surface area (Å²) in [5, 5.41) is 0. The van der Waals surface area contributed by atoms with Gasteiger partial charge < -0.3 is 0 Å². The van der Waals surface area contributed by atoms with Gasteiger partial charge in [0.2, 0.25) is 0 Å². The third-order valence-electron chi connectivity index (χ3n) is 3.48. The van der Waals surface area contributed by atoms with Crippen LogP contribution in [0.2, 0.25) is 18.1 Å². The number of rotatable bonds is 7. The Hall–Kier alpha value is -0.390. The molecule has 1 aromatic carbocycles. The standard InChI is InChI=1S/C6H3F3O.C6H15OSi.Zn/c7-4-1-3(10)2-5(8)6(4)9;1-4-8(7,5-2)6-3;/h1-2,10H;4-6H2,1-3H3;/q;-1;+2/p-1. The zero-order valence-corrected chi connectivity index (χ0v) is 15.4. The SMILES string of the molecule is CC[Si](CC)(CC)[O][Zn][O]c1cc(F)c(F)c(F)c1. The first kappa shape index (κ1) is 16.7. The minimum atomic E-state index is -1.82. The molecule has 0 aliphatic rings. The van der Waals surface area contributed by atoms with Gasteiger partial charge in [-0.1, -0.05) is 0 Å². The van der Waals surface area contributed by atoms with E-state index in [1.165, 1.54) is 0 Å². The van der Waals surface area contributed by atoms with Crippen molar-refractivity contribution in [1.82, 2.24) is 0 Å². The van der Waals surface area contributed by atoms with Crippen LogP contribution < -0.4 is 3.56 Å². The first-order valence-electron chi connectivity index (χ1n) is 6.39. The first-order chi connectivity index (χ1) is 8.98. The van der Waals surface area contributed by atoms with Gasteiger partial charge in [-0.3, -0.25) is 0 Å². The molecule has 0 N–H and O–H groups in total. The molecular formula is C12H17F3O2SiZn. The Labute approximate surface area is 120 Å². The molecule has 1 aromatic rings. The van der Waals surface area contributed by atoms with Gasteiger partial charge in [-0.05, 0) is 0 Å². The Morgan fingerprint density at radius 3 is 1.89 bits per heavy atom. The molecule has 19 heavy (non-hydrogen) atoms. The third kappa shape index (κ3) is 4.29. The Morgan fingerprint density at radius 1 is 1.00 bits per heavy atom. The van der Waals surface area contributed by atoms with Gasteiger partial charge >= 0.3 is 120 Å². The minimum absolute atomic E-state index is 0.0163. The molecule has 0 spiro atoms. The van der Waals surface area contributed by atoms with Crippen LogP contribution in [0.4, 0.5) is 13.2 Å². The fraction of sp³-hybridized carbons (Fsp3) is 0.500. The third-order valence-corrected chi connectivity index (χ3v) is 13.6. The van der Waals surface area contributed by atoms with Crippen molar-refractivity contribution < 1.29 is 37.8 Å². The summed E-state index contributed by atoms with van der Waals surface area (Å²) in [6.45, 7) is 6.29. The summed E-state index contributed by atoms with van der Waals surface area (Å²) in [5.41, 5.74) is 0. The Balaban J connectivity index is 2.63. The summed E-state index contributed by atoms with van der Waals surface area (Å²) in [6, 6.07) is 4.72. The van der Waals surface area contributed by atoms with Gasteiger partial charge in [0.25, 0.3) is 0 Å². The van der Waals surface area contributed by atoms with E-state index in [4.69, 9.17) is 6.82 Å². The maximum atomic E-state index is 13.0. The van der Waals surface area contributed by atoms with E-state index in [-0.39, 0.29) is 5.75 Å². The van der Waals surface area contributed by atoms with E-state index in [1.807, 2.05) is 0 Å². The molecule has 2 nitrogen and oxygen atoms in total. The Bertz CT molecular complexity index is 396. The molecule has 0 aliphatic heterocycles. The second kappa shape index (κ2) is 7.41. The summed E-state index contributed by atoms with van der Waals surface area (Å²) in [4.78, 5) is 0. The average Bonchev–Trinajstić information content (AvgIpc) is 2.41. The van der Waals surface area contributed by atoms with E-state index >= 15 is 0 Å². The molecule has 0 saturated heterocycles. The molecule has 0 aromatic heterocycles. The molecule has 0 amide bonds. The van der Waals surface area contributed by atoms with Gasteiger partial charge in [-0.15, -0.1) is 0 Å². The van der Waals surface area contributed by atoms with Crippen LogP contribution in [-0.4, -0.2) is 8.32 Å². The van der Waals surface area contributed by atoms with Crippen LogP contribution in [0.25, 0.3) is 0 Å². The fourth-order valence-corrected chi connectivity index (χ4v) is 10.7. The van der Waals surface area contributed by atoms with Gasteiger partial charge in [0, 0.05) is 0 Å². The van der Waals surface area contributed by atoms with Crippen LogP contribution in [0.1, 0.15) is 20.8 Å². The Morgan fingerprint density at radius 2 is 1.47 bits per heavy atom. The zero-order chi connectivity index (χ0) is 14.5. The van der Waals surface area contributed by atoms with Crippen LogP contribution in [0.15, 0.2) is 12.1 Å². The van der Waals surface area contributed by atoms with Crippen molar-refractivity contribution >= 4 is 8.32 Å². The second-order valence-corrected chi connectivity index (χ2v) is 12.0. The molecule has 0 radical (unpaired) electrons. The van der Waals surface area contributed by atoms with Gasteiger partial charge in [0.1, 0.15) is 0 Å². The van der Waals surface area contributed by atoms with Gasteiger partial charge in [-0.25, -0.2) is 0 Å². The summed E-state index contributed by atoms with van der Waals surface area (Å²) < 4.78 is 50.1. The first-order valence-corrected chi connectivity index (χ1v) is 11.3. The van der Waals surface area contributed by atoms with Crippen LogP contribution in [0.3, 0.4) is 0 Å². The summed E-state index contributed by atoms with van der Waals surface area (Å²) in [6.07, 6.45) is 0. The van der Waals surface area contributed by atoms with E-state index in [1.54, 1.807) is 0 Å². The molecule has 7 heteroatoms. The maximum absolute atomic E-state index is 13.0. The number of hydrogen-bond acceptors (Lipinski definition) is 2. The van der Waals surface area contributed by atoms with Crippen LogP contribution in [-0.2, 0) is 21.1 Å². The fourth-order valence-electron chi connectivity index (χ4n) is 1.89. The summed E-state index contributed by atoms with van der Waals surface area (Å²) >= 11 is -1.82. The molecule has 0 aliphatic carbocycles. The molecule has 0 bridgehead atoms. The monoisotopic (exact) mass is 342 g/mol.